The molecule has 0 aromatic carbocycles. The molecule has 1 aliphatic carbocycles. The van der Waals surface area contributed by atoms with Gasteiger partial charge in [-0.3, -0.25) is 0 Å². The third-order valence-corrected chi connectivity index (χ3v) is 4.25. The van der Waals surface area contributed by atoms with Crippen LogP contribution in [0.4, 0.5) is 0 Å². The van der Waals surface area contributed by atoms with Gasteiger partial charge in [0.1, 0.15) is 11.3 Å². The SMILES string of the molecule is CCOC(c1nc(Cl)cc(CC(C)C)n1)C1CCCCC1. The summed E-state index contributed by atoms with van der Waals surface area (Å²) in [6.07, 6.45) is 7.25. The Labute approximate surface area is 133 Å². The van der Waals surface area contributed by atoms with Gasteiger partial charge in [-0.1, -0.05) is 44.7 Å². The van der Waals surface area contributed by atoms with E-state index in [1.54, 1.807) is 0 Å². The monoisotopic (exact) mass is 310 g/mol. The third-order valence-electron chi connectivity index (χ3n) is 4.06. The van der Waals surface area contributed by atoms with Gasteiger partial charge in [-0.05, 0) is 44.1 Å². The second-order valence-electron chi connectivity index (χ2n) is 6.41. The average Bonchev–Trinajstić information content (AvgIpc) is 2.44. The van der Waals surface area contributed by atoms with Crippen LogP contribution in [0, 0.1) is 11.8 Å². The summed E-state index contributed by atoms with van der Waals surface area (Å²) in [4.78, 5) is 9.21. The van der Waals surface area contributed by atoms with Crippen LogP contribution in [0.15, 0.2) is 6.07 Å². The van der Waals surface area contributed by atoms with Gasteiger partial charge in [-0.15, -0.1) is 0 Å². The third kappa shape index (κ3) is 4.93. The van der Waals surface area contributed by atoms with E-state index >= 15 is 0 Å². The topological polar surface area (TPSA) is 35.0 Å². The molecule has 118 valence electrons. The molecule has 0 radical (unpaired) electrons. The zero-order chi connectivity index (χ0) is 15.2. The van der Waals surface area contributed by atoms with Crippen molar-refractivity contribution in [1.29, 1.82) is 0 Å². The normalized spacial score (nSPS) is 18.1. The van der Waals surface area contributed by atoms with Crippen LogP contribution in [-0.2, 0) is 11.2 Å². The first-order valence-corrected chi connectivity index (χ1v) is 8.63. The Morgan fingerprint density at radius 1 is 1.24 bits per heavy atom. The maximum Gasteiger partial charge on any atom is 0.159 e. The van der Waals surface area contributed by atoms with Crippen LogP contribution in [0.3, 0.4) is 0 Å². The summed E-state index contributed by atoms with van der Waals surface area (Å²) in [5, 5.41) is 0.538. The highest BCUT2D eigenvalue weighted by atomic mass is 35.5. The number of hydrogen-bond acceptors (Lipinski definition) is 3. The zero-order valence-electron chi connectivity index (χ0n) is 13.4. The molecule has 1 aromatic heterocycles. The molecule has 1 aliphatic rings. The molecule has 0 spiro atoms. The quantitative estimate of drug-likeness (QED) is 0.695. The van der Waals surface area contributed by atoms with E-state index < -0.39 is 0 Å². The van der Waals surface area contributed by atoms with Gasteiger partial charge in [0.2, 0.25) is 0 Å². The van der Waals surface area contributed by atoms with Crippen molar-refractivity contribution in [3.63, 3.8) is 0 Å². The van der Waals surface area contributed by atoms with Crippen molar-refractivity contribution < 1.29 is 4.74 Å². The lowest BCUT2D eigenvalue weighted by Gasteiger charge is -2.29. The van der Waals surface area contributed by atoms with Crippen LogP contribution in [0.5, 0.6) is 0 Å². The second-order valence-corrected chi connectivity index (χ2v) is 6.80. The second kappa shape index (κ2) is 8.09. The van der Waals surface area contributed by atoms with Gasteiger partial charge < -0.3 is 4.74 Å². The summed E-state index contributed by atoms with van der Waals surface area (Å²) in [6.45, 7) is 7.11. The number of nitrogens with zero attached hydrogens (tertiary/aromatic N) is 2. The molecular weight excluding hydrogens is 284 g/mol. The predicted octanol–water partition coefficient (Wildman–Crippen LogP) is 4.99. The fourth-order valence-corrected chi connectivity index (χ4v) is 3.38. The van der Waals surface area contributed by atoms with E-state index in [1.807, 2.05) is 13.0 Å². The Balaban J connectivity index is 2.23. The van der Waals surface area contributed by atoms with Crippen molar-refractivity contribution in [1.82, 2.24) is 9.97 Å². The maximum absolute atomic E-state index is 6.21. The van der Waals surface area contributed by atoms with Crippen LogP contribution in [0.1, 0.15) is 70.5 Å². The molecule has 0 N–H and O–H groups in total. The first kappa shape index (κ1) is 16.7. The van der Waals surface area contributed by atoms with Gasteiger partial charge >= 0.3 is 0 Å². The minimum absolute atomic E-state index is 0.0000813. The molecule has 0 bridgehead atoms. The van der Waals surface area contributed by atoms with Gasteiger partial charge in [0.25, 0.3) is 0 Å². The Kier molecular flexibility index (Phi) is 6.43. The van der Waals surface area contributed by atoms with Gasteiger partial charge in [0.15, 0.2) is 5.82 Å². The highest BCUT2D eigenvalue weighted by Gasteiger charge is 2.28. The van der Waals surface area contributed by atoms with E-state index in [9.17, 15) is 0 Å². The zero-order valence-corrected chi connectivity index (χ0v) is 14.2. The summed E-state index contributed by atoms with van der Waals surface area (Å²) in [6, 6.07) is 1.88. The van der Waals surface area contributed by atoms with Gasteiger partial charge in [-0.25, -0.2) is 9.97 Å². The van der Waals surface area contributed by atoms with Crippen molar-refractivity contribution >= 4 is 11.6 Å². The minimum atomic E-state index is -0.0000813. The summed E-state index contributed by atoms with van der Waals surface area (Å²) in [5.41, 5.74) is 1.03. The Bertz CT molecular complexity index is 444. The Morgan fingerprint density at radius 2 is 1.95 bits per heavy atom. The average molecular weight is 311 g/mol. The lowest BCUT2D eigenvalue weighted by Crippen LogP contribution is -2.22. The first-order valence-electron chi connectivity index (χ1n) is 8.25. The van der Waals surface area contributed by atoms with Crippen molar-refractivity contribution in [3.8, 4) is 0 Å². The molecule has 0 amide bonds. The molecule has 0 aliphatic heterocycles. The lowest BCUT2D eigenvalue weighted by atomic mass is 9.85. The molecular formula is C17H27ClN2O. The van der Waals surface area contributed by atoms with Crippen molar-refractivity contribution in [2.75, 3.05) is 6.61 Å². The Morgan fingerprint density at radius 3 is 2.57 bits per heavy atom. The molecule has 4 heteroatoms. The number of hydrogen-bond donors (Lipinski definition) is 0. The van der Waals surface area contributed by atoms with Crippen molar-refractivity contribution in [3.05, 3.63) is 22.7 Å². The minimum Gasteiger partial charge on any atom is -0.370 e. The molecule has 21 heavy (non-hydrogen) atoms. The van der Waals surface area contributed by atoms with E-state index in [2.05, 4.69) is 18.8 Å². The molecule has 0 saturated heterocycles. The van der Waals surface area contributed by atoms with Gasteiger partial charge in [-0.2, -0.15) is 0 Å². The number of rotatable bonds is 6. The number of halogens is 1. The fraction of sp³-hybridized carbons (Fsp3) is 0.765. The lowest BCUT2D eigenvalue weighted by molar-refractivity contribution is -0.000332. The number of ether oxygens (including phenoxy) is 1. The predicted molar refractivity (Wildman–Crippen MR) is 86.5 cm³/mol. The first-order chi connectivity index (χ1) is 10.1. The van der Waals surface area contributed by atoms with Crippen LogP contribution in [-0.4, -0.2) is 16.6 Å². The smallest absolute Gasteiger partial charge is 0.159 e. The molecule has 1 fully saturated rings. The van der Waals surface area contributed by atoms with Crippen LogP contribution < -0.4 is 0 Å². The van der Waals surface area contributed by atoms with Gasteiger partial charge in [0.05, 0.1) is 0 Å². The summed E-state index contributed by atoms with van der Waals surface area (Å²) < 4.78 is 6.00. The van der Waals surface area contributed by atoms with E-state index in [1.165, 1.54) is 32.1 Å². The molecule has 1 saturated carbocycles. The van der Waals surface area contributed by atoms with Crippen LogP contribution >= 0.6 is 11.6 Å². The van der Waals surface area contributed by atoms with Crippen molar-refractivity contribution in [2.45, 2.75) is 65.4 Å². The molecule has 2 rings (SSSR count). The van der Waals surface area contributed by atoms with E-state index in [-0.39, 0.29) is 6.10 Å². The molecule has 1 aromatic rings. The highest BCUT2D eigenvalue weighted by molar-refractivity contribution is 6.29. The standard InChI is InChI=1S/C17H27ClN2O/c1-4-21-16(13-8-6-5-7-9-13)17-19-14(10-12(2)3)11-15(18)20-17/h11-13,16H,4-10H2,1-3H3. The Hall–Kier alpha value is -0.670. The van der Waals surface area contributed by atoms with Crippen molar-refractivity contribution in [2.24, 2.45) is 11.8 Å². The van der Waals surface area contributed by atoms with Crippen LogP contribution in [0.25, 0.3) is 0 Å². The van der Waals surface area contributed by atoms with E-state index in [4.69, 9.17) is 21.3 Å². The highest BCUT2D eigenvalue weighted by Crippen LogP contribution is 2.36. The van der Waals surface area contributed by atoms with E-state index in [0.29, 0.717) is 23.6 Å². The largest absolute Gasteiger partial charge is 0.370 e. The molecule has 1 heterocycles. The maximum atomic E-state index is 6.21. The molecule has 1 atom stereocenters. The van der Waals surface area contributed by atoms with Crippen LogP contribution in [0.2, 0.25) is 5.15 Å². The molecule has 1 unspecified atom stereocenters. The summed E-state index contributed by atoms with van der Waals surface area (Å²) >= 11 is 6.21. The summed E-state index contributed by atoms with van der Waals surface area (Å²) in [5.74, 6) is 1.88. The summed E-state index contributed by atoms with van der Waals surface area (Å²) in [7, 11) is 0. The molecule has 3 nitrogen and oxygen atoms in total. The van der Waals surface area contributed by atoms with Gasteiger partial charge in [0, 0.05) is 12.3 Å². The van der Waals surface area contributed by atoms with E-state index in [0.717, 1.165) is 17.9 Å². The fourth-order valence-electron chi connectivity index (χ4n) is 3.17. The number of aromatic nitrogens is 2.